The van der Waals surface area contributed by atoms with Crippen LogP contribution in [0.1, 0.15) is 11.1 Å². The molecule has 128 valence electrons. The van der Waals surface area contributed by atoms with Gasteiger partial charge in [-0.15, -0.1) is 0 Å². The number of carbonyl (C=O) groups is 1. The Morgan fingerprint density at radius 3 is 1.79 bits per heavy atom. The SMILES string of the molecule is Cc1ccc(N(CC(=O)N(C)C)S(=O)(=O)c2ccc(C)cc2)cc1. The van der Waals surface area contributed by atoms with E-state index in [2.05, 4.69) is 0 Å². The Morgan fingerprint density at radius 2 is 1.33 bits per heavy atom. The molecule has 0 spiro atoms. The summed E-state index contributed by atoms with van der Waals surface area (Å²) in [5.74, 6) is -0.286. The van der Waals surface area contributed by atoms with E-state index in [1.165, 1.54) is 4.90 Å². The number of amides is 1. The number of carbonyl (C=O) groups excluding carboxylic acids is 1. The number of anilines is 1. The molecular weight excluding hydrogens is 324 g/mol. The molecule has 0 saturated heterocycles. The third-order valence-corrected chi connectivity index (χ3v) is 5.50. The second-order valence-electron chi connectivity index (χ2n) is 5.95. The molecule has 0 fully saturated rings. The number of nitrogens with zero attached hydrogens (tertiary/aromatic N) is 2. The summed E-state index contributed by atoms with van der Waals surface area (Å²) in [6, 6.07) is 13.7. The minimum atomic E-state index is -3.83. The van der Waals surface area contributed by atoms with Crippen molar-refractivity contribution in [2.45, 2.75) is 18.7 Å². The molecule has 0 unspecified atom stereocenters. The Hall–Kier alpha value is -2.34. The normalized spacial score (nSPS) is 11.2. The third kappa shape index (κ3) is 3.94. The van der Waals surface area contributed by atoms with Gasteiger partial charge < -0.3 is 4.90 Å². The van der Waals surface area contributed by atoms with Crippen molar-refractivity contribution in [3.8, 4) is 0 Å². The second-order valence-corrected chi connectivity index (χ2v) is 7.81. The molecule has 24 heavy (non-hydrogen) atoms. The zero-order chi connectivity index (χ0) is 17.9. The third-order valence-electron chi connectivity index (χ3n) is 3.71. The van der Waals surface area contributed by atoms with Gasteiger partial charge in [-0.05, 0) is 38.1 Å². The Kier molecular flexibility index (Phi) is 5.29. The van der Waals surface area contributed by atoms with Crippen LogP contribution in [0, 0.1) is 13.8 Å². The van der Waals surface area contributed by atoms with E-state index in [0.717, 1.165) is 15.4 Å². The standard InChI is InChI=1S/C18H22N2O3S/c1-14-5-9-16(10-6-14)20(13-18(21)19(3)4)24(22,23)17-11-7-15(2)8-12-17/h5-12H,13H2,1-4H3. The Balaban J connectivity index is 2.49. The lowest BCUT2D eigenvalue weighted by molar-refractivity contribution is -0.127. The first kappa shape index (κ1) is 18.0. The predicted molar refractivity (Wildman–Crippen MR) is 95.6 cm³/mol. The monoisotopic (exact) mass is 346 g/mol. The quantitative estimate of drug-likeness (QED) is 0.836. The van der Waals surface area contributed by atoms with Crippen LogP contribution in [0.5, 0.6) is 0 Å². The Morgan fingerprint density at radius 1 is 0.875 bits per heavy atom. The highest BCUT2D eigenvalue weighted by Gasteiger charge is 2.27. The van der Waals surface area contributed by atoms with E-state index < -0.39 is 10.0 Å². The molecule has 5 nitrogen and oxygen atoms in total. The average Bonchev–Trinajstić information content (AvgIpc) is 2.53. The maximum absolute atomic E-state index is 13.0. The van der Waals surface area contributed by atoms with Gasteiger partial charge in [-0.25, -0.2) is 8.42 Å². The number of aryl methyl sites for hydroxylation is 2. The first-order valence-electron chi connectivity index (χ1n) is 7.58. The summed E-state index contributed by atoms with van der Waals surface area (Å²) in [7, 11) is -0.616. The number of hydrogen-bond donors (Lipinski definition) is 0. The molecule has 0 aliphatic rings. The summed E-state index contributed by atoms with van der Waals surface area (Å²) in [5, 5.41) is 0. The van der Waals surface area contributed by atoms with Gasteiger partial charge in [0.1, 0.15) is 6.54 Å². The molecule has 2 rings (SSSR count). The van der Waals surface area contributed by atoms with Crippen LogP contribution in [0.25, 0.3) is 0 Å². The molecule has 6 heteroatoms. The van der Waals surface area contributed by atoms with E-state index >= 15 is 0 Å². The maximum Gasteiger partial charge on any atom is 0.264 e. The molecule has 1 amide bonds. The maximum atomic E-state index is 13.0. The highest BCUT2D eigenvalue weighted by atomic mass is 32.2. The summed E-state index contributed by atoms with van der Waals surface area (Å²) in [6.45, 7) is 3.57. The average molecular weight is 346 g/mol. The molecule has 0 atom stereocenters. The van der Waals surface area contributed by atoms with Crippen molar-refractivity contribution in [2.24, 2.45) is 0 Å². The summed E-state index contributed by atoms with van der Waals surface area (Å²) in [6.07, 6.45) is 0. The van der Waals surface area contributed by atoms with E-state index in [1.807, 2.05) is 26.0 Å². The largest absolute Gasteiger partial charge is 0.347 e. The fourth-order valence-electron chi connectivity index (χ4n) is 2.13. The minimum Gasteiger partial charge on any atom is -0.347 e. The van der Waals surface area contributed by atoms with Crippen LogP contribution in [-0.2, 0) is 14.8 Å². The van der Waals surface area contributed by atoms with Crippen molar-refractivity contribution in [1.29, 1.82) is 0 Å². The molecule has 0 aromatic heterocycles. The Labute approximate surface area is 143 Å². The van der Waals surface area contributed by atoms with Gasteiger partial charge in [0.2, 0.25) is 5.91 Å². The van der Waals surface area contributed by atoms with Crippen molar-refractivity contribution in [3.05, 3.63) is 59.7 Å². The van der Waals surface area contributed by atoms with Gasteiger partial charge in [0.05, 0.1) is 10.6 Å². The molecule has 0 aliphatic carbocycles. The molecule has 0 heterocycles. The number of benzene rings is 2. The van der Waals surface area contributed by atoms with E-state index in [-0.39, 0.29) is 17.3 Å². The molecular formula is C18H22N2O3S. The fourth-order valence-corrected chi connectivity index (χ4v) is 3.54. The van der Waals surface area contributed by atoms with Crippen LogP contribution in [-0.4, -0.2) is 39.9 Å². The van der Waals surface area contributed by atoms with Crippen LogP contribution < -0.4 is 4.31 Å². The number of likely N-dealkylation sites (N-methyl/N-ethyl adjacent to an activating group) is 1. The minimum absolute atomic E-state index is 0.167. The summed E-state index contributed by atoms with van der Waals surface area (Å²) < 4.78 is 27.2. The molecule has 0 radical (unpaired) electrons. The van der Waals surface area contributed by atoms with Gasteiger partial charge in [0.25, 0.3) is 10.0 Å². The van der Waals surface area contributed by atoms with E-state index in [9.17, 15) is 13.2 Å². The van der Waals surface area contributed by atoms with E-state index in [1.54, 1.807) is 50.5 Å². The number of rotatable bonds is 5. The lowest BCUT2D eigenvalue weighted by Gasteiger charge is -2.25. The van der Waals surface area contributed by atoms with Crippen molar-refractivity contribution in [2.75, 3.05) is 24.9 Å². The molecule has 2 aromatic carbocycles. The van der Waals surface area contributed by atoms with Crippen molar-refractivity contribution in [1.82, 2.24) is 4.90 Å². The van der Waals surface area contributed by atoms with Crippen LogP contribution in [0.4, 0.5) is 5.69 Å². The highest BCUT2D eigenvalue weighted by Crippen LogP contribution is 2.24. The molecule has 0 bridgehead atoms. The molecule has 0 N–H and O–H groups in total. The lowest BCUT2D eigenvalue weighted by atomic mass is 10.2. The zero-order valence-corrected chi connectivity index (χ0v) is 15.2. The topological polar surface area (TPSA) is 57.7 Å². The molecule has 2 aromatic rings. The number of hydrogen-bond acceptors (Lipinski definition) is 3. The van der Waals surface area contributed by atoms with Crippen LogP contribution >= 0.6 is 0 Å². The lowest BCUT2D eigenvalue weighted by Crippen LogP contribution is -2.40. The highest BCUT2D eigenvalue weighted by molar-refractivity contribution is 7.92. The van der Waals surface area contributed by atoms with Crippen molar-refractivity contribution < 1.29 is 13.2 Å². The van der Waals surface area contributed by atoms with Gasteiger partial charge in [-0.2, -0.15) is 0 Å². The predicted octanol–water partition coefficient (Wildman–Crippen LogP) is 2.59. The first-order valence-corrected chi connectivity index (χ1v) is 9.02. The summed E-state index contributed by atoms with van der Waals surface area (Å²) in [4.78, 5) is 13.7. The first-order chi connectivity index (χ1) is 11.2. The van der Waals surface area contributed by atoms with Gasteiger partial charge in [-0.3, -0.25) is 9.10 Å². The Bertz CT molecular complexity index is 810. The van der Waals surface area contributed by atoms with E-state index in [4.69, 9.17) is 0 Å². The second kappa shape index (κ2) is 7.05. The summed E-state index contributed by atoms with van der Waals surface area (Å²) in [5.41, 5.74) is 2.46. The number of sulfonamides is 1. The van der Waals surface area contributed by atoms with Gasteiger partial charge >= 0.3 is 0 Å². The smallest absolute Gasteiger partial charge is 0.264 e. The van der Waals surface area contributed by atoms with Crippen molar-refractivity contribution in [3.63, 3.8) is 0 Å². The van der Waals surface area contributed by atoms with Crippen LogP contribution in [0.15, 0.2) is 53.4 Å². The van der Waals surface area contributed by atoms with Gasteiger partial charge in [0, 0.05) is 14.1 Å². The fraction of sp³-hybridized carbons (Fsp3) is 0.278. The van der Waals surface area contributed by atoms with Crippen LogP contribution in [0.3, 0.4) is 0 Å². The molecule has 0 saturated carbocycles. The van der Waals surface area contributed by atoms with E-state index in [0.29, 0.717) is 5.69 Å². The van der Waals surface area contributed by atoms with Crippen molar-refractivity contribution >= 4 is 21.6 Å². The zero-order valence-electron chi connectivity index (χ0n) is 14.4. The van der Waals surface area contributed by atoms with Gasteiger partial charge in [-0.1, -0.05) is 35.4 Å². The van der Waals surface area contributed by atoms with Crippen LogP contribution in [0.2, 0.25) is 0 Å². The molecule has 0 aliphatic heterocycles. The summed E-state index contributed by atoms with van der Waals surface area (Å²) >= 11 is 0. The van der Waals surface area contributed by atoms with Gasteiger partial charge in [0.15, 0.2) is 0 Å².